The third kappa shape index (κ3) is 6.85. The molecule has 0 aliphatic carbocycles. The van der Waals surface area contributed by atoms with Crippen LogP contribution in [0.4, 0.5) is 0 Å². The first kappa shape index (κ1) is 20.4. The van der Waals surface area contributed by atoms with E-state index in [1.165, 1.54) is 19.3 Å². The van der Waals surface area contributed by atoms with Crippen molar-refractivity contribution in [3.63, 3.8) is 0 Å². The number of imide groups is 1. The largest absolute Gasteiger partial charge is 0.331 e. The van der Waals surface area contributed by atoms with E-state index in [0.717, 1.165) is 31.3 Å². The van der Waals surface area contributed by atoms with Crippen LogP contribution in [0.2, 0.25) is 0 Å². The Hall–Kier alpha value is -1.65. The van der Waals surface area contributed by atoms with Gasteiger partial charge in [0.05, 0.1) is 0 Å². The molecule has 1 aliphatic rings. The second-order valence-corrected chi connectivity index (χ2v) is 6.62. The van der Waals surface area contributed by atoms with E-state index in [9.17, 15) is 14.4 Å². The highest BCUT2D eigenvalue weighted by Crippen LogP contribution is 2.16. The first-order valence-electron chi connectivity index (χ1n) is 9.29. The number of nitrogens with zero attached hydrogens (tertiary/aromatic N) is 1. The summed E-state index contributed by atoms with van der Waals surface area (Å²) in [5, 5.41) is 2.44. The highest BCUT2D eigenvalue weighted by molar-refractivity contribution is 6.00. The van der Waals surface area contributed by atoms with Gasteiger partial charge < -0.3 is 4.90 Å². The van der Waals surface area contributed by atoms with Gasteiger partial charge in [0, 0.05) is 19.4 Å². The average Bonchev–Trinajstić information content (AvgIpc) is 2.93. The molecule has 0 spiro atoms. The van der Waals surface area contributed by atoms with E-state index in [2.05, 4.69) is 18.8 Å². The quantitative estimate of drug-likeness (QED) is 0.465. The molecule has 1 fully saturated rings. The molecule has 5 heteroatoms. The van der Waals surface area contributed by atoms with Gasteiger partial charge in [-0.2, -0.15) is 0 Å². The van der Waals surface area contributed by atoms with Gasteiger partial charge in [0.1, 0.15) is 6.04 Å². The van der Waals surface area contributed by atoms with Crippen LogP contribution in [0.1, 0.15) is 78.1 Å². The molecule has 0 aromatic rings. The van der Waals surface area contributed by atoms with Crippen LogP contribution >= 0.6 is 0 Å². The van der Waals surface area contributed by atoms with Crippen LogP contribution in [0.25, 0.3) is 0 Å². The minimum atomic E-state index is -0.536. The number of amides is 3. The molecule has 1 N–H and O–H groups in total. The number of likely N-dealkylation sites (tertiary alicyclic amines) is 1. The number of carbonyl (C=O) groups excluding carboxylic acids is 3. The maximum atomic E-state index is 12.3. The third-order valence-corrected chi connectivity index (χ3v) is 4.48. The highest BCUT2D eigenvalue weighted by Gasteiger charge is 2.32. The molecule has 1 heterocycles. The lowest BCUT2D eigenvalue weighted by molar-refractivity contribution is -0.140. The summed E-state index contributed by atoms with van der Waals surface area (Å²) in [6.07, 6.45) is 8.68. The van der Waals surface area contributed by atoms with E-state index < -0.39 is 6.04 Å². The van der Waals surface area contributed by atoms with Crippen LogP contribution in [-0.2, 0) is 14.4 Å². The monoisotopic (exact) mass is 336 g/mol. The first-order chi connectivity index (χ1) is 11.5. The number of unbranched alkanes of at least 4 members (excludes halogenated alkanes) is 4. The number of carbonyl (C=O) groups is 3. The van der Waals surface area contributed by atoms with E-state index in [-0.39, 0.29) is 24.1 Å². The van der Waals surface area contributed by atoms with Crippen LogP contribution in [0.3, 0.4) is 0 Å². The van der Waals surface area contributed by atoms with Crippen molar-refractivity contribution in [2.75, 3.05) is 6.54 Å². The molecule has 1 atom stereocenters. The molecule has 0 unspecified atom stereocenters. The van der Waals surface area contributed by atoms with Crippen molar-refractivity contribution >= 4 is 17.7 Å². The lowest BCUT2D eigenvalue weighted by atomic mass is 10.0. The summed E-state index contributed by atoms with van der Waals surface area (Å²) in [6, 6.07) is -0.536. The van der Waals surface area contributed by atoms with E-state index in [0.29, 0.717) is 19.4 Å². The van der Waals surface area contributed by atoms with Crippen molar-refractivity contribution in [3.05, 3.63) is 12.2 Å². The van der Waals surface area contributed by atoms with Gasteiger partial charge >= 0.3 is 0 Å². The molecule has 1 aliphatic heterocycles. The van der Waals surface area contributed by atoms with Crippen LogP contribution in [0.15, 0.2) is 12.2 Å². The van der Waals surface area contributed by atoms with Crippen molar-refractivity contribution in [1.82, 2.24) is 10.2 Å². The Balaban J connectivity index is 2.33. The predicted octanol–water partition coefficient (Wildman–Crippen LogP) is 3.34. The van der Waals surface area contributed by atoms with Gasteiger partial charge in [-0.05, 0) is 25.7 Å². The molecular weight excluding hydrogens is 304 g/mol. The van der Waals surface area contributed by atoms with E-state index >= 15 is 0 Å². The number of hydrogen-bond acceptors (Lipinski definition) is 3. The molecule has 0 saturated carbocycles. The normalized spacial score (nSPS) is 15.4. The van der Waals surface area contributed by atoms with Crippen molar-refractivity contribution in [1.29, 1.82) is 0 Å². The Morgan fingerprint density at radius 2 is 1.92 bits per heavy atom. The summed E-state index contributed by atoms with van der Waals surface area (Å²) in [4.78, 5) is 37.7. The second kappa shape index (κ2) is 11.0. The molecule has 5 nitrogen and oxygen atoms in total. The SMILES string of the molecule is C=C(CCCCCCC)CC(=O)NC(=O)[C@H](CC)N1CCCC1=O. The highest BCUT2D eigenvalue weighted by atomic mass is 16.2. The number of hydrogen-bond donors (Lipinski definition) is 1. The summed E-state index contributed by atoms with van der Waals surface area (Å²) in [5.41, 5.74) is 0.863. The summed E-state index contributed by atoms with van der Waals surface area (Å²) in [5.74, 6) is -0.682. The molecule has 1 rings (SSSR count). The number of nitrogens with one attached hydrogen (secondary N) is 1. The van der Waals surface area contributed by atoms with Gasteiger partial charge in [0.15, 0.2) is 0 Å². The van der Waals surface area contributed by atoms with Crippen LogP contribution in [0, 0.1) is 0 Å². The van der Waals surface area contributed by atoms with Crippen LogP contribution < -0.4 is 5.32 Å². The Morgan fingerprint density at radius 1 is 1.21 bits per heavy atom. The van der Waals surface area contributed by atoms with Crippen molar-refractivity contribution in [2.45, 2.75) is 84.1 Å². The standard InChI is InChI=1S/C19H32N2O3/c1-4-6-7-8-9-11-15(3)14-17(22)20-19(24)16(5-2)21-13-10-12-18(21)23/h16H,3-14H2,1-2H3,(H,20,22,24)/t16-/m0/s1. The van der Waals surface area contributed by atoms with E-state index in [1.807, 2.05) is 6.92 Å². The Labute approximate surface area is 145 Å². The lowest BCUT2D eigenvalue weighted by Gasteiger charge is -2.25. The van der Waals surface area contributed by atoms with Gasteiger partial charge in [-0.3, -0.25) is 19.7 Å². The van der Waals surface area contributed by atoms with Gasteiger partial charge in [-0.25, -0.2) is 0 Å². The molecule has 24 heavy (non-hydrogen) atoms. The van der Waals surface area contributed by atoms with E-state index in [1.54, 1.807) is 4.90 Å². The van der Waals surface area contributed by atoms with Gasteiger partial charge in [-0.1, -0.05) is 51.7 Å². The summed E-state index contributed by atoms with van der Waals surface area (Å²) in [6.45, 7) is 8.58. The molecular formula is C19H32N2O3. The van der Waals surface area contributed by atoms with Gasteiger partial charge in [-0.15, -0.1) is 0 Å². The Kier molecular flexibility index (Phi) is 9.35. The minimum absolute atomic E-state index is 0.000868. The Morgan fingerprint density at radius 3 is 2.50 bits per heavy atom. The molecule has 0 aromatic heterocycles. The van der Waals surface area contributed by atoms with Gasteiger partial charge in [0.2, 0.25) is 17.7 Å². The third-order valence-electron chi connectivity index (χ3n) is 4.48. The molecule has 3 amide bonds. The zero-order chi connectivity index (χ0) is 17.9. The van der Waals surface area contributed by atoms with Crippen molar-refractivity contribution in [2.24, 2.45) is 0 Å². The summed E-state index contributed by atoms with van der Waals surface area (Å²) in [7, 11) is 0. The lowest BCUT2D eigenvalue weighted by Crippen LogP contribution is -2.48. The maximum Gasteiger partial charge on any atom is 0.249 e. The van der Waals surface area contributed by atoms with Gasteiger partial charge in [0.25, 0.3) is 0 Å². The fourth-order valence-electron chi connectivity index (χ4n) is 3.10. The summed E-state index contributed by atoms with van der Waals surface area (Å²) >= 11 is 0. The maximum absolute atomic E-state index is 12.3. The zero-order valence-electron chi connectivity index (χ0n) is 15.2. The zero-order valence-corrected chi connectivity index (χ0v) is 15.2. The van der Waals surface area contributed by atoms with Crippen LogP contribution in [-0.4, -0.2) is 35.2 Å². The predicted molar refractivity (Wildman–Crippen MR) is 95.3 cm³/mol. The van der Waals surface area contributed by atoms with E-state index in [4.69, 9.17) is 0 Å². The molecule has 136 valence electrons. The summed E-state index contributed by atoms with van der Waals surface area (Å²) < 4.78 is 0. The van der Waals surface area contributed by atoms with Crippen molar-refractivity contribution in [3.8, 4) is 0 Å². The second-order valence-electron chi connectivity index (χ2n) is 6.62. The molecule has 1 saturated heterocycles. The number of rotatable bonds is 11. The minimum Gasteiger partial charge on any atom is -0.331 e. The van der Waals surface area contributed by atoms with Crippen molar-refractivity contribution < 1.29 is 14.4 Å². The molecule has 0 bridgehead atoms. The Bertz CT molecular complexity index is 460. The first-order valence-corrected chi connectivity index (χ1v) is 9.29. The topological polar surface area (TPSA) is 66.5 Å². The fraction of sp³-hybridized carbons (Fsp3) is 0.737. The smallest absolute Gasteiger partial charge is 0.249 e. The average molecular weight is 336 g/mol. The van der Waals surface area contributed by atoms with Crippen LogP contribution in [0.5, 0.6) is 0 Å². The fourth-order valence-corrected chi connectivity index (χ4v) is 3.10. The molecule has 0 aromatic carbocycles. The molecule has 0 radical (unpaired) electrons.